The second kappa shape index (κ2) is 9.97. The normalized spacial score (nSPS) is 11.5. The van der Waals surface area contributed by atoms with Crippen molar-refractivity contribution in [2.45, 2.75) is 26.4 Å². The molecule has 0 spiro atoms. The average Bonchev–Trinajstić information content (AvgIpc) is 2.66. The quantitative estimate of drug-likeness (QED) is 0.714. The first kappa shape index (κ1) is 20.0. The summed E-state index contributed by atoms with van der Waals surface area (Å²) in [6.07, 6.45) is 0. The largest absolute Gasteiger partial charge is 0.484 e. The number of nitrogens with zero attached hydrogens (tertiary/aromatic N) is 1. The average molecular weight is 419 g/mol. The Kier molecular flexibility index (Phi) is 7.66. The fourth-order valence-corrected chi connectivity index (χ4v) is 2.71. The molecule has 0 unspecified atom stereocenters. The standard InChI is InChI=1S/C20H23BrN2O3/c1-3-22-20(25)15(2)23(13-16-7-5-4-6-8-16)19(24)14-26-18-11-9-17(21)10-12-18/h4-12,15H,3,13-14H2,1-2H3,(H,22,25)/t15-/m1/s1. The molecular formula is C20H23BrN2O3. The summed E-state index contributed by atoms with van der Waals surface area (Å²) >= 11 is 3.36. The van der Waals surface area contributed by atoms with E-state index in [-0.39, 0.29) is 18.4 Å². The van der Waals surface area contributed by atoms with Gasteiger partial charge in [0, 0.05) is 17.6 Å². The molecule has 0 fully saturated rings. The molecule has 0 bridgehead atoms. The van der Waals surface area contributed by atoms with Crippen molar-refractivity contribution in [3.63, 3.8) is 0 Å². The van der Waals surface area contributed by atoms with Gasteiger partial charge in [0.15, 0.2) is 6.61 Å². The summed E-state index contributed by atoms with van der Waals surface area (Å²) in [5.41, 5.74) is 0.959. The lowest BCUT2D eigenvalue weighted by atomic mass is 10.1. The van der Waals surface area contributed by atoms with E-state index in [9.17, 15) is 9.59 Å². The van der Waals surface area contributed by atoms with Crippen LogP contribution in [0.2, 0.25) is 0 Å². The number of likely N-dealkylation sites (N-methyl/N-ethyl adjacent to an activating group) is 1. The van der Waals surface area contributed by atoms with Crippen molar-refractivity contribution < 1.29 is 14.3 Å². The molecule has 2 rings (SSSR count). The van der Waals surface area contributed by atoms with Crippen LogP contribution in [0, 0.1) is 0 Å². The minimum absolute atomic E-state index is 0.127. The number of hydrogen-bond acceptors (Lipinski definition) is 3. The number of hydrogen-bond donors (Lipinski definition) is 1. The molecule has 138 valence electrons. The molecule has 1 atom stereocenters. The van der Waals surface area contributed by atoms with Crippen molar-refractivity contribution >= 4 is 27.7 Å². The second-order valence-electron chi connectivity index (χ2n) is 5.82. The number of halogens is 1. The number of rotatable bonds is 8. The topological polar surface area (TPSA) is 58.6 Å². The van der Waals surface area contributed by atoms with Crippen molar-refractivity contribution in [2.75, 3.05) is 13.2 Å². The zero-order valence-electron chi connectivity index (χ0n) is 14.9. The lowest BCUT2D eigenvalue weighted by Gasteiger charge is -2.28. The van der Waals surface area contributed by atoms with Crippen molar-refractivity contribution in [1.29, 1.82) is 0 Å². The van der Waals surface area contributed by atoms with Gasteiger partial charge in [-0.05, 0) is 43.7 Å². The predicted octanol–water partition coefficient (Wildman–Crippen LogP) is 3.38. The van der Waals surface area contributed by atoms with Gasteiger partial charge in [-0.1, -0.05) is 46.3 Å². The Bertz CT molecular complexity index is 720. The van der Waals surface area contributed by atoms with Crippen LogP contribution in [0.3, 0.4) is 0 Å². The monoisotopic (exact) mass is 418 g/mol. The fourth-order valence-electron chi connectivity index (χ4n) is 2.44. The van der Waals surface area contributed by atoms with Gasteiger partial charge < -0.3 is 15.0 Å². The van der Waals surface area contributed by atoms with Gasteiger partial charge in [0.1, 0.15) is 11.8 Å². The lowest BCUT2D eigenvalue weighted by molar-refractivity contribution is -0.142. The van der Waals surface area contributed by atoms with Gasteiger partial charge in [-0.3, -0.25) is 9.59 Å². The molecule has 0 aliphatic carbocycles. The van der Waals surface area contributed by atoms with Gasteiger partial charge in [-0.2, -0.15) is 0 Å². The molecular weight excluding hydrogens is 396 g/mol. The van der Waals surface area contributed by atoms with E-state index >= 15 is 0 Å². The van der Waals surface area contributed by atoms with E-state index < -0.39 is 6.04 Å². The third-order valence-electron chi connectivity index (χ3n) is 3.89. The van der Waals surface area contributed by atoms with E-state index in [0.717, 1.165) is 10.0 Å². The fraction of sp³-hybridized carbons (Fsp3) is 0.300. The highest BCUT2D eigenvalue weighted by molar-refractivity contribution is 9.10. The second-order valence-corrected chi connectivity index (χ2v) is 6.74. The van der Waals surface area contributed by atoms with E-state index in [1.807, 2.05) is 49.4 Å². The maximum Gasteiger partial charge on any atom is 0.261 e. The number of carbonyl (C=O) groups excluding carboxylic acids is 2. The van der Waals surface area contributed by atoms with Gasteiger partial charge in [0.2, 0.25) is 5.91 Å². The summed E-state index contributed by atoms with van der Waals surface area (Å²) in [4.78, 5) is 26.5. The third-order valence-corrected chi connectivity index (χ3v) is 4.42. The Balaban J connectivity index is 2.09. The van der Waals surface area contributed by atoms with Crippen LogP contribution in [-0.2, 0) is 16.1 Å². The SMILES string of the molecule is CCNC(=O)[C@@H](C)N(Cc1ccccc1)C(=O)COc1ccc(Br)cc1. The Hall–Kier alpha value is -2.34. The van der Waals surface area contributed by atoms with Crippen LogP contribution in [0.4, 0.5) is 0 Å². The number of amides is 2. The van der Waals surface area contributed by atoms with Crippen molar-refractivity contribution in [3.8, 4) is 5.75 Å². The van der Waals surface area contributed by atoms with Crippen molar-refractivity contribution in [1.82, 2.24) is 10.2 Å². The highest BCUT2D eigenvalue weighted by Crippen LogP contribution is 2.17. The van der Waals surface area contributed by atoms with Gasteiger partial charge >= 0.3 is 0 Å². The van der Waals surface area contributed by atoms with E-state index in [1.54, 1.807) is 24.0 Å². The number of benzene rings is 2. The van der Waals surface area contributed by atoms with Gasteiger partial charge in [0.25, 0.3) is 5.91 Å². The maximum absolute atomic E-state index is 12.7. The smallest absolute Gasteiger partial charge is 0.261 e. The molecule has 2 aromatic rings. The maximum atomic E-state index is 12.7. The van der Waals surface area contributed by atoms with Gasteiger partial charge in [-0.25, -0.2) is 0 Å². The van der Waals surface area contributed by atoms with Gasteiger partial charge in [0.05, 0.1) is 0 Å². The first-order chi connectivity index (χ1) is 12.5. The first-order valence-corrected chi connectivity index (χ1v) is 9.30. The predicted molar refractivity (Wildman–Crippen MR) is 105 cm³/mol. The van der Waals surface area contributed by atoms with E-state index in [2.05, 4.69) is 21.2 Å². The molecule has 26 heavy (non-hydrogen) atoms. The summed E-state index contributed by atoms with van der Waals surface area (Å²) in [7, 11) is 0. The van der Waals surface area contributed by atoms with E-state index in [0.29, 0.717) is 18.8 Å². The van der Waals surface area contributed by atoms with Crippen LogP contribution < -0.4 is 10.1 Å². The highest BCUT2D eigenvalue weighted by Gasteiger charge is 2.26. The van der Waals surface area contributed by atoms with Crippen molar-refractivity contribution in [2.24, 2.45) is 0 Å². The highest BCUT2D eigenvalue weighted by atomic mass is 79.9. The summed E-state index contributed by atoms with van der Waals surface area (Å²) < 4.78 is 6.52. The minimum Gasteiger partial charge on any atom is -0.484 e. The zero-order chi connectivity index (χ0) is 18.9. The molecule has 0 aliphatic rings. The summed E-state index contributed by atoms with van der Waals surface area (Å²) in [5, 5.41) is 2.77. The van der Waals surface area contributed by atoms with Crippen LogP contribution in [0.1, 0.15) is 19.4 Å². The molecule has 0 aromatic heterocycles. The number of nitrogens with one attached hydrogen (secondary N) is 1. The van der Waals surface area contributed by atoms with Crippen LogP contribution in [0.15, 0.2) is 59.1 Å². The Morgan fingerprint density at radius 3 is 2.38 bits per heavy atom. The summed E-state index contributed by atoms with van der Waals surface area (Å²) in [6.45, 7) is 4.32. The Morgan fingerprint density at radius 2 is 1.77 bits per heavy atom. The molecule has 5 nitrogen and oxygen atoms in total. The van der Waals surface area contributed by atoms with Crippen molar-refractivity contribution in [3.05, 3.63) is 64.6 Å². The molecule has 2 aromatic carbocycles. The van der Waals surface area contributed by atoms with Crippen LogP contribution in [0.25, 0.3) is 0 Å². The Morgan fingerprint density at radius 1 is 1.12 bits per heavy atom. The molecule has 6 heteroatoms. The Labute approximate surface area is 162 Å². The molecule has 0 radical (unpaired) electrons. The zero-order valence-corrected chi connectivity index (χ0v) is 16.5. The molecule has 0 heterocycles. The van der Waals surface area contributed by atoms with Gasteiger partial charge in [-0.15, -0.1) is 0 Å². The summed E-state index contributed by atoms with van der Waals surface area (Å²) in [5.74, 6) is 0.183. The van der Waals surface area contributed by atoms with Crippen LogP contribution in [0.5, 0.6) is 5.75 Å². The molecule has 2 amide bonds. The molecule has 0 saturated carbocycles. The molecule has 1 N–H and O–H groups in total. The van der Waals surface area contributed by atoms with E-state index in [4.69, 9.17) is 4.74 Å². The van der Waals surface area contributed by atoms with Crippen LogP contribution in [-0.4, -0.2) is 35.9 Å². The van der Waals surface area contributed by atoms with Crippen LogP contribution >= 0.6 is 15.9 Å². The number of carbonyl (C=O) groups is 2. The lowest BCUT2D eigenvalue weighted by Crippen LogP contribution is -2.49. The first-order valence-electron chi connectivity index (χ1n) is 8.50. The number of ether oxygens (including phenoxy) is 1. The summed E-state index contributed by atoms with van der Waals surface area (Å²) in [6, 6.07) is 16.3. The molecule has 0 aliphatic heterocycles. The minimum atomic E-state index is -0.587. The van der Waals surface area contributed by atoms with E-state index in [1.165, 1.54) is 0 Å². The molecule has 0 saturated heterocycles. The third kappa shape index (κ3) is 5.88.